The molecule has 80 valence electrons. The van der Waals surface area contributed by atoms with Gasteiger partial charge >= 0.3 is 0 Å². The summed E-state index contributed by atoms with van der Waals surface area (Å²) in [5.74, 6) is 1.01. The minimum Gasteiger partial charge on any atom is -0.353 e. The van der Waals surface area contributed by atoms with Crippen molar-refractivity contribution in [3.05, 3.63) is 0 Å². The minimum atomic E-state index is -0.133. The van der Waals surface area contributed by atoms with Crippen LogP contribution in [-0.4, -0.2) is 11.9 Å². The van der Waals surface area contributed by atoms with Crippen molar-refractivity contribution in [2.45, 2.75) is 58.4 Å². The van der Waals surface area contributed by atoms with Crippen molar-refractivity contribution in [3.8, 4) is 0 Å². The van der Waals surface area contributed by atoms with Crippen molar-refractivity contribution in [2.75, 3.05) is 0 Å². The van der Waals surface area contributed by atoms with E-state index in [2.05, 4.69) is 19.2 Å². The van der Waals surface area contributed by atoms with Crippen molar-refractivity contribution in [1.29, 1.82) is 0 Å². The molecule has 1 heterocycles. The van der Waals surface area contributed by atoms with E-state index in [1.807, 2.05) is 0 Å². The molecule has 1 aliphatic heterocycles. The molecule has 0 aromatic carbocycles. The zero-order valence-electron chi connectivity index (χ0n) is 9.31. The van der Waals surface area contributed by atoms with Gasteiger partial charge in [0, 0.05) is 11.5 Å². The van der Waals surface area contributed by atoms with E-state index in [4.69, 9.17) is 0 Å². The Balaban J connectivity index is 2.10. The van der Waals surface area contributed by atoms with Gasteiger partial charge in [-0.25, -0.2) is 0 Å². The molecule has 2 atom stereocenters. The molecule has 0 spiro atoms. The van der Waals surface area contributed by atoms with Crippen molar-refractivity contribution in [1.82, 2.24) is 5.32 Å². The quantitative estimate of drug-likeness (QED) is 0.632. The number of piperidine rings is 1. The fourth-order valence-corrected chi connectivity index (χ4v) is 2.93. The molecule has 0 bridgehead atoms. The third kappa shape index (κ3) is 1.79. The van der Waals surface area contributed by atoms with Crippen LogP contribution in [0.2, 0.25) is 0 Å². The normalized spacial score (nSPS) is 36.9. The number of nitrogens with one attached hydrogen (secondary N) is 1. The molecule has 2 heteroatoms. The summed E-state index contributed by atoms with van der Waals surface area (Å²) >= 11 is 0. The maximum Gasteiger partial charge on any atom is 0.225 e. The molecular formula is C12H21NO. The number of rotatable bonds is 0. The Kier molecular flexibility index (Phi) is 2.54. The highest BCUT2D eigenvalue weighted by molar-refractivity contribution is 5.83. The van der Waals surface area contributed by atoms with Gasteiger partial charge in [0.1, 0.15) is 0 Å². The molecule has 14 heavy (non-hydrogen) atoms. The Morgan fingerprint density at radius 3 is 2.71 bits per heavy atom. The van der Waals surface area contributed by atoms with E-state index in [1.54, 1.807) is 0 Å². The Bertz CT molecular complexity index is 234. The molecular weight excluding hydrogens is 174 g/mol. The molecule has 1 saturated heterocycles. The average molecular weight is 195 g/mol. The SMILES string of the molecule is CC1(C)C[C@H]2CCCCC[C@@H]2NC1=O. The van der Waals surface area contributed by atoms with E-state index in [9.17, 15) is 4.79 Å². The van der Waals surface area contributed by atoms with Crippen LogP contribution in [0.15, 0.2) is 0 Å². The molecule has 1 aliphatic carbocycles. The van der Waals surface area contributed by atoms with Crippen molar-refractivity contribution in [3.63, 3.8) is 0 Å². The Morgan fingerprint density at radius 2 is 1.93 bits per heavy atom. The fourth-order valence-electron chi connectivity index (χ4n) is 2.93. The first-order chi connectivity index (χ1) is 6.59. The minimum absolute atomic E-state index is 0.133. The van der Waals surface area contributed by atoms with E-state index in [0.717, 1.165) is 12.3 Å². The van der Waals surface area contributed by atoms with Crippen LogP contribution in [0.3, 0.4) is 0 Å². The van der Waals surface area contributed by atoms with Gasteiger partial charge in [-0.3, -0.25) is 4.79 Å². The topological polar surface area (TPSA) is 29.1 Å². The van der Waals surface area contributed by atoms with E-state index in [-0.39, 0.29) is 11.3 Å². The highest BCUT2D eigenvalue weighted by Crippen LogP contribution is 2.37. The van der Waals surface area contributed by atoms with Crippen LogP contribution < -0.4 is 5.32 Å². The number of carbonyl (C=O) groups is 1. The maximum atomic E-state index is 11.8. The van der Waals surface area contributed by atoms with Crippen LogP contribution in [0, 0.1) is 11.3 Å². The molecule has 0 unspecified atom stereocenters. The van der Waals surface area contributed by atoms with Crippen LogP contribution in [-0.2, 0) is 4.79 Å². The second-order valence-corrected chi connectivity index (χ2v) is 5.57. The monoisotopic (exact) mass is 195 g/mol. The van der Waals surface area contributed by atoms with Gasteiger partial charge in [-0.1, -0.05) is 33.1 Å². The predicted molar refractivity (Wildman–Crippen MR) is 56.9 cm³/mol. The average Bonchev–Trinajstić information content (AvgIpc) is 2.30. The van der Waals surface area contributed by atoms with Crippen molar-refractivity contribution in [2.24, 2.45) is 11.3 Å². The van der Waals surface area contributed by atoms with Crippen LogP contribution in [0.5, 0.6) is 0 Å². The Labute approximate surface area is 86.5 Å². The standard InChI is InChI=1S/C12H21NO/c1-12(2)8-9-6-4-3-5-7-10(9)13-11(12)14/h9-10H,3-8H2,1-2H3,(H,13,14)/t9-,10+/m1/s1. The van der Waals surface area contributed by atoms with Gasteiger partial charge in [-0.15, -0.1) is 0 Å². The van der Waals surface area contributed by atoms with Crippen LogP contribution >= 0.6 is 0 Å². The lowest BCUT2D eigenvalue weighted by Crippen LogP contribution is -2.52. The fraction of sp³-hybridized carbons (Fsp3) is 0.917. The molecule has 1 amide bonds. The summed E-state index contributed by atoms with van der Waals surface area (Å²) in [5.41, 5.74) is -0.133. The molecule has 2 aliphatic rings. The van der Waals surface area contributed by atoms with Gasteiger partial charge in [0.2, 0.25) is 5.91 Å². The third-order valence-electron chi connectivity index (χ3n) is 3.86. The van der Waals surface area contributed by atoms with Gasteiger partial charge in [-0.2, -0.15) is 0 Å². The highest BCUT2D eigenvalue weighted by Gasteiger charge is 2.40. The summed E-state index contributed by atoms with van der Waals surface area (Å²) in [6.07, 6.45) is 7.60. The van der Waals surface area contributed by atoms with Gasteiger partial charge in [0.05, 0.1) is 0 Å². The summed E-state index contributed by atoms with van der Waals surface area (Å²) in [6.45, 7) is 4.15. The van der Waals surface area contributed by atoms with Crippen molar-refractivity contribution >= 4 is 5.91 Å². The van der Waals surface area contributed by atoms with Gasteiger partial charge in [-0.05, 0) is 25.2 Å². The van der Waals surface area contributed by atoms with E-state index < -0.39 is 0 Å². The lowest BCUT2D eigenvalue weighted by Gasteiger charge is -2.40. The zero-order valence-corrected chi connectivity index (χ0v) is 9.31. The Hall–Kier alpha value is -0.530. The number of hydrogen-bond donors (Lipinski definition) is 1. The lowest BCUT2D eigenvalue weighted by atomic mass is 9.73. The molecule has 2 fully saturated rings. The maximum absolute atomic E-state index is 11.8. The van der Waals surface area contributed by atoms with Crippen LogP contribution in [0.4, 0.5) is 0 Å². The molecule has 2 nitrogen and oxygen atoms in total. The van der Waals surface area contributed by atoms with Crippen molar-refractivity contribution < 1.29 is 4.79 Å². The van der Waals surface area contributed by atoms with Gasteiger partial charge in [0.15, 0.2) is 0 Å². The lowest BCUT2D eigenvalue weighted by molar-refractivity contribution is -0.134. The molecule has 0 aromatic heterocycles. The molecule has 1 saturated carbocycles. The summed E-state index contributed by atoms with van der Waals surface area (Å²) in [5, 5.41) is 3.21. The first kappa shape index (κ1) is 10.0. The number of carbonyl (C=O) groups excluding carboxylic acids is 1. The largest absolute Gasteiger partial charge is 0.353 e. The van der Waals surface area contributed by atoms with E-state index >= 15 is 0 Å². The molecule has 2 rings (SSSR count). The molecule has 0 radical (unpaired) electrons. The zero-order chi connectivity index (χ0) is 10.2. The van der Waals surface area contributed by atoms with Gasteiger partial charge < -0.3 is 5.32 Å². The van der Waals surface area contributed by atoms with E-state index in [1.165, 1.54) is 32.1 Å². The summed E-state index contributed by atoms with van der Waals surface area (Å²) < 4.78 is 0. The third-order valence-corrected chi connectivity index (χ3v) is 3.86. The molecule has 1 N–H and O–H groups in total. The summed E-state index contributed by atoms with van der Waals surface area (Å²) in [6, 6.07) is 0.484. The first-order valence-electron chi connectivity index (χ1n) is 5.90. The van der Waals surface area contributed by atoms with Crippen LogP contribution in [0.25, 0.3) is 0 Å². The number of fused-ring (bicyclic) bond motifs is 1. The second kappa shape index (κ2) is 3.56. The summed E-state index contributed by atoms with van der Waals surface area (Å²) in [7, 11) is 0. The second-order valence-electron chi connectivity index (χ2n) is 5.57. The van der Waals surface area contributed by atoms with Gasteiger partial charge in [0.25, 0.3) is 0 Å². The predicted octanol–water partition coefficient (Wildman–Crippen LogP) is 2.48. The number of amides is 1. The first-order valence-corrected chi connectivity index (χ1v) is 5.90. The van der Waals surface area contributed by atoms with Crippen LogP contribution in [0.1, 0.15) is 52.4 Å². The Morgan fingerprint density at radius 1 is 1.21 bits per heavy atom. The molecule has 0 aromatic rings. The number of hydrogen-bond acceptors (Lipinski definition) is 1. The summed E-state index contributed by atoms with van der Waals surface area (Å²) in [4.78, 5) is 11.8. The smallest absolute Gasteiger partial charge is 0.225 e. The highest BCUT2D eigenvalue weighted by atomic mass is 16.2. The van der Waals surface area contributed by atoms with E-state index in [0.29, 0.717) is 6.04 Å².